The topological polar surface area (TPSA) is 154 Å². The van der Waals surface area contributed by atoms with Gasteiger partial charge in [-0.05, 0) is 13.0 Å². The van der Waals surface area contributed by atoms with Gasteiger partial charge in [-0.3, -0.25) is 4.79 Å². The monoisotopic (exact) mass is 435 g/mol. The van der Waals surface area contributed by atoms with E-state index in [4.69, 9.17) is 18.9 Å². The molecule has 1 aromatic carbocycles. The quantitative estimate of drug-likeness (QED) is 0.385. The lowest BCUT2D eigenvalue weighted by Gasteiger charge is -2.08. The summed E-state index contributed by atoms with van der Waals surface area (Å²) >= 11 is 0. The number of carbonyl (C=O) groups excluding carboxylic acids is 1. The molecule has 4 aromatic heterocycles. The molecular formula is C20H17N7O5. The highest BCUT2D eigenvalue weighted by Gasteiger charge is 2.19. The van der Waals surface area contributed by atoms with Gasteiger partial charge < -0.3 is 24.2 Å². The summed E-state index contributed by atoms with van der Waals surface area (Å²) in [6.07, 6.45) is 0. The second kappa shape index (κ2) is 8.07. The third-order valence-corrected chi connectivity index (χ3v) is 4.62. The summed E-state index contributed by atoms with van der Waals surface area (Å²) in [5, 5.41) is 33.7. The van der Waals surface area contributed by atoms with Crippen LogP contribution in [0.3, 0.4) is 0 Å². The van der Waals surface area contributed by atoms with Crippen molar-refractivity contribution in [1.82, 2.24) is 35.4 Å². The van der Waals surface area contributed by atoms with Crippen molar-refractivity contribution in [2.75, 3.05) is 13.2 Å². The fourth-order valence-electron chi connectivity index (χ4n) is 3.18. The number of fused-ring (bicyclic) bond motifs is 3. The molecule has 32 heavy (non-hydrogen) atoms. The molecule has 0 atom stereocenters. The van der Waals surface area contributed by atoms with Crippen LogP contribution in [0.1, 0.15) is 22.0 Å². The maximum absolute atomic E-state index is 11.9. The maximum atomic E-state index is 11.9. The van der Waals surface area contributed by atoms with Gasteiger partial charge in [-0.25, -0.2) is 0 Å². The molecule has 0 saturated heterocycles. The van der Waals surface area contributed by atoms with Crippen molar-refractivity contribution in [3.63, 3.8) is 0 Å². The molecule has 1 amide bonds. The van der Waals surface area contributed by atoms with E-state index in [1.807, 2.05) is 24.3 Å². The van der Waals surface area contributed by atoms with Crippen LogP contribution in [0.5, 0.6) is 5.88 Å². The van der Waals surface area contributed by atoms with Crippen molar-refractivity contribution in [3.05, 3.63) is 53.6 Å². The lowest BCUT2D eigenvalue weighted by Crippen LogP contribution is -2.25. The number of benzene rings is 1. The number of ether oxygens (including phenoxy) is 1. The highest BCUT2D eigenvalue weighted by atomic mass is 16.5. The van der Waals surface area contributed by atoms with Crippen LogP contribution < -0.4 is 10.1 Å². The van der Waals surface area contributed by atoms with Crippen molar-refractivity contribution < 1.29 is 23.7 Å². The van der Waals surface area contributed by atoms with Gasteiger partial charge in [-0.1, -0.05) is 28.5 Å². The summed E-state index contributed by atoms with van der Waals surface area (Å²) in [6, 6.07) is 10.7. The van der Waals surface area contributed by atoms with Gasteiger partial charge in [0.2, 0.25) is 17.5 Å². The fraction of sp³-hybridized carbons (Fsp3) is 0.200. The highest BCUT2D eigenvalue weighted by Crippen LogP contribution is 2.29. The van der Waals surface area contributed by atoms with Crippen LogP contribution in [0, 0.1) is 6.92 Å². The van der Waals surface area contributed by atoms with Crippen LogP contribution >= 0.6 is 0 Å². The second-order valence-electron chi connectivity index (χ2n) is 6.88. The van der Waals surface area contributed by atoms with E-state index in [0.717, 1.165) is 10.8 Å². The standard InChI is InChI=1S/C20H17N7O5/c1-11-8-15(26-31-11)18-23-22-17-13-4-2-3-5-14(13)20(24-27(17)18)30-10-12-9-16(32-25-12)19(29)21-6-7-28/h2-5,8-9,28H,6-7,10H2,1H3,(H,21,29). The molecule has 12 heteroatoms. The zero-order valence-corrected chi connectivity index (χ0v) is 16.8. The number of nitrogens with one attached hydrogen (secondary N) is 1. The zero-order chi connectivity index (χ0) is 22.1. The van der Waals surface area contributed by atoms with Gasteiger partial charge in [-0.15, -0.1) is 15.3 Å². The molecule has 5 aromatic rings. The molecule has 2 N–H and O–H groups in total. The van der Waals surface area contributed by atoms with Crippen LogP contribution in [-0.4, -0.2) is 54.3 Å². The predicted octanol–water partition coefficient (Wildman–Crippen LogP) is 1.53. The predicted molar refractivity (Wildman–Crippen MR) is 109 cm³/mol. The van der Waals surface area contributed by atoms with Gasteiger partial charge in [0.1, 0.15) is 18.1 Å². The van der Waals surface area contributed by atoms with Crippen LogP contribution in [0.2, 0.25) is 0 Å². The summed E-state index contributed by atoms with van der Waals surface area (Å²) < 4.78 is 17.7. The number of aliphatic hydroxyl groups is 1. The van der Waals surface area contributed by atoms with Crippen LogP contribution in [0.15, 0.2) is 45.4 Å². The molecule has 12 nitrogen and oxygen atoms in total. The average molecular weight is 435 g/mol. The first kappa shape index (κ1) is 19.6. The number of amides is 1. The van der Waals surface area contributed by atoms with Gasteiger partial charge >= 0.3 is 0 Å². The minimum Gasteiger partial charge on any atom is -0.470 e. The molecule has 162 valence electrons. The van der Waals surface area contributed by atoms with Gasteiger partial charge in [0.25, 0.3) is 5.91 Å². The molecule has 0 aliphatic carbocycles. The second-order valence-corrected chi connectivity index (χ2v) is 6.88. The number of rotatable bonds is 7. The van der Waals surface area contributed by atoms with Gasteiger partial charge in [-0.2, -0.15) is 4.52 Å². The van der Waals surface area contributed by atoms with Gasteiger partial charge in [0, 0.05) is 29.4 Å². The van der Waals surface area contributed by atoms with Gasteiger partial charge in [0.05, 0.1) is 6.61 Å². The summed E-state index contributed by atoms with van der Waals surface area (Å²) in [6.45, 7) is 1.75. The largest absolute Gasteiger partial charge is 0.470 e. The van der Waals surface area contributed by atoms with E-state index in [1.54, 1.807) is 17.5 Å². The van der Waals surface area contributed by atoms with Crippen LogP contribution in [0.4, 0.5) is 0 Å². The smallest absolute Gasteiger partial charge is 0.289 e. The molecule has 0 spiro atoms. The Hall–Kier alpha value is -4.32. The first-order valence-electron chi connectivity index (χ1n) is 9.69. The van der Waals surface area contributed by atoms with Crippen LogP contribution in [0.25, 0.3) is 27.9 Å². The van der Waals surface area contributed by atoms with E-state index in [1.165, 1.54) is 6.07 Å². The summed E-state index contributed by atoms with van der Waals surface area (Å²) in [5.41, 5.74) is 1.45. The molecule has 4 heterocycles. The Morgan fingerprint density at radius 2 is 2.00 bits per heavy atom. The third kappa shape index (κ3) is 3.52. The summed E-state index contributed by atoms with van der Waals surface area (Å²) in [7, 11) is 0. The minimum atomic E-state index is -0.472. The minimum absolute atomic E-state index is 0.0137. The number of aromatic nitrogens is 6. The Bertz CT molecular complexity index is 1420. The molecule has 0 aliphatic rings. The number of hydrogen-bond donors (Lipinski definition) is 2. The van der Waals surface area contributed by atoms with E-state index in [0.29, 0.717) is 34.5 Å². The SMILES string of the molecule is Cc1cc(-c2nnc3c4ccccc4c(OCc4cc(C(=O)NCCO)on4)nn23)no1. The molecule has 5 rings (SSSR count). The van der Waals surface area contributed by atoms with E-state index < -0.39 is 5.91 Å². The van der Waals surface area contributed by atoms with Crippen LogP contribution in [-0.2, 0) is 6.61 Å². The molecule has 0 radical (unpaired) electrons. The zero-order valence-electron chi connectivity index (χ0n) is 16.8. The molecule has 0 bridgehead atoms. The Labute approximate surface area is 179 Å². The number of hydrogen-bond acceptors (Lipinski definition) is 10. The number of nitrogens with zero attached hydrogens (tertiary/aromatic N) is 6. The molecule has 0 saturated carbocycles. The van der Waals surface area contributed by atoms with E-state index in [9.17, 15) is 4.79 Å². The maximum Gasteiger partial charge on any atom is 0.289 e. The van der Waals surface area contributed by atoms with Crippen molar-refractivity contribution in [2.24, 2.45) is 0 Å². The van der Waals surface area contributed by atoms with E-state index in [-0.39, 0.29) is 25.5 Å². The lowest BCUT2D eigenvalue weighted by molar-refractivity contribution is 0.0907. The normalized spacial score (nSPS) is 11.3. The van der Waals surface area contributed by atoms with Crippen molar-refractivity contribution in [3.8, 4) is 17.4 Å². The third-order valence-electron chi connectivity index (χ3n) is 4.62. The molecule has 0 fully saturated rings. The Kier molecular flexibility index (Phi) is 4.95. The van der Waals surface area contributed by atoms with Gasteiger partial charge in [0.15, 0.2) is 11.3 Å². The Balaban J connectivity index is 1.48. The first-order valence-corrected chi connectivity index (χ1v) is 9.69. The lowest BCUT2D eigenvalue weighted by atomic mass is 10.2. The Morgan fingerprint density at radius 1 is 1.16 bits per heavy atom. The van der Waals surface area contributed by atoms with E-state index in [2.05, 4.69) is 30.9 Å². The molecule has 0 aliphatic heterocycles. The highest BCUT2D eigenvalue weighted by molar-refractivity contribution is 5.97. The number of aliphatic hydroxyl groups excluding tert-OH is 1. The summed E-state index contributed by atoms with van der Waals surface area (Å²) in [5.74, 6) is 0.923. The Morgan fingerprint density at radius 3 is 2.78 bits per heavy atom. The molecular weight excluding hydrogens is 418 g/mol. The average Bonchev–Trinajstić information content (AvgIpc) is 3.55. The fourth-order valence-corrected chi connectivity index (χ4v) is 3.18. The number of aryl methyl sites for hydroxylation is 1. The van der Waals surface area contributed by atoms with E-state index >= 15 is 0 Å². The molecule has 0 unspecified atom stereocenters. The number of carbonyl (C=O) groups is 1. The first-order chi connectivity index (χ1) is 15.6. The summed E-state index contributed by atoms with van der Waals surface area (Å²) in [4.78, 5) is 11.9. The van der Waals surface area contributed by atoms with Crippen molar-refractivity contribution >= 4 is 22.3 Å². The van der Waals surface area contributed by atoms with Crippen molar-refractivity contribution in [2.45, 2.75) is 13.5 Å². The van der Waals surface area contributed by atoms with Crippen molar-refractivity contribution in [1.29, 1.82) is 0 Å².